The molecule has 0 saturated carbocycles. The lowest BCUT2D eigenvalue weighted by Crippen LogP contribution is -2.51. The van der Waals surface area contributed by atoms with E-state index in [9.17, 15) is 4.79 Å². The number of hydrogen-bond donors (Lipinski definition) is 2. The smallest absolute Gasteiger partial charge is 0.244 e. The molecule has 1 amide bonds. The van der Waals surface area contributed by atoms with Crippen molar-refractivity contribution in [2.75, 3.05) is 0 Å². The molecule has 3 N–H and O–H groups in total. The van der Waals surface area contributed by atoms with Gasteiger partial charge < -0.3 is 15.6 Å². The molecule has 24 heavy (non-hydrogen) atoms. The van der Waals surface area contributed by atoms with Crippen LogP contribution in [-0.2, 0) is 16.8 Å². The number of hydrogen-bond acceptors (Lipinski definition) is 4. The van der Waals surface area contributed by atoms with E-state index in [1.165, 1.54) is 0 Å². The van der Waals surface area contributed by atoms with Gasteiger partial charge >= 0.3 is 0 Å². The van der Waals surface area contributed by atoms with Gasteiger partial charge in [-0.25, -0.2) is 0 Å². The molecule has 1 aromatic carbocycles. The Morgan fingerprint density at radius 1 is 1.38 bits per heavy atom. The van der Waals surface area contributed by atoms with Crippen LogP contribution in [-0.4, -0.2) is 17.1 Å². The van der Waals surface area contributed by atoms with Crippen LogP contribution in [0.5, 0.6) is 0 Å². The van der Waals surface area contributed by atoms with Crippen LogP contribution in [0.25, 0.3) is 0 Å². The Morgan fingerprint density at radius 3 is 2.46 bits per heavy atom. The average Bonchev–Trinajstić information content (AvgIpc) is 2.79. The Hall–Kier alpha value is -1.37. The van der Waals surface area contributed by atoms with Crippen LogP contribution in [0.2, 0.25) is 0 Å². The van der Waals surface area contributed by atoms with Gasteiger partial charge in [0.25, 0.3) is 0 Å². The minimum Gasteiger partial charge on any atom is -0.361 e. The fourth-order valence-corrected chi connectivity index (χ4v) is 2.72. The Balaban J connectivity index is 0.00000288. The fraction of sp³-hybridized carbons (Fsp3) is 0.412. The van der Waals surface area contributed by atoms with Gasteiger partial charge in [-0.05, 0) is 51.8 Å². The van der Waals surface area contributed by atoms with Crippen molar-refractivity contribution in [2.45, 2.75) is 45.7 Å². The molecule has 0 bridgehead atoms. The van der Waals surface area contributed by atoms with E-state index in [1.54, 1.807) is 6.92 Å². The maximum atomic E-state index is 12.6. The van der Waals surface area contributed by atoms with E-state index >= 15 is 0 Å². The lowest BCUT2D eigenvalue weighted by Gasteiger charge is -2.26. The standard InChI is InChI=1S/C17H22BrN3O2.ClH/c1-10(9-15-11(2)21-23-12(15)3)20-16(22)17(4,19)13-5-7-14(18)8-6-13;/h5-8,10H,9,19H2,1-4H3,(H,20,22);1H. The van der Waals surface area contributed by atoms with Crippen LogP contribution >= 0.6 is 28.3 Å². The van der Waals surface area contributed by atoms with Gasteiger partial charge in [0.2, 0.25) is 5.91 Å². The molecule has 132 valence electrons. The normalized spacial score (nSPS) is 14.4. The molecule has 0 fully saturated rings. The molecular weight excluding hydrogens is 394 g/mol. The van der Waals surface area contributed by atoms with Crippen LogP contribution in [0.3, 0.4) is 0 Å². The minimum atomic E-state index is -1.09. The first-order valence-corrected chi connectivity index (χ1v) is 8.28. The molecule has 2 unspecified atom stereocenters. The number of rotatable bonds is 5. The zero-order valence-electron chi connectivity index (χ0n) is 14.2. The predicted molar refractivity (Wildman–Crippen MR) is 100 cm³/mol. The Bertz CT molecular complexity index is 679. The topological polar surface area (TPSA) is 81.2 Å². The molecule has 1 aromatic heterocycles. The number of nitrogens with one attached hydrogen (secondary N) is 1. The summed E-state index contributed by atoms with van der Waals surface area (Å²) >= 11 is 3.38. The molecule has 0 aliphatic heterocycles. The summed E-state index contributed by atoms with van der Waals surface area (Å²) in [5.74, 6) is 0.575. The zero-order chi connectivity index (χ0) is 17.2. The summed E-state index contributed by atoms with van der Waals surface area (Å²) < 4.78 is 6.11. The zero-order valence-corrected chi connectivity index (χ0v) is 16.6. The largest absolute Gasteiger partial charge is 0.361 e. The Kier molecular flexibility index (Phi) is 7.01. The number of halogens is 2. The third-order valence-electron chi connectivity index (χ3n) is 3.98. The van der Waals surface area contributed by atoms with E-state index in [0.717, 1.165) is 27.1 Å². The number of carbonyl (C=O) groups is 1. The second kappa shape index (κ2) is 8.14. The van der Waals surface area contributed by atoms with Crippen molar-refractivity contribution in [1.29, 1.82) is 0 Å². The lowest BCUT2D eigenvalue weighted by atomic mass is 9.91. The lowest BCUT2D eigenvalue weighted by molar-refractivity contribution is -0.126. The van der Waals surface area contributed by atoms with Gasteiger partial charge in [-0.2, -0.15) is 0 Å². The predicted octanol–water partition coefficient (Wildman–Crippen LogP) is 3.40. The van der Waals surface area contributed by atoms with Crippen LogP contribution in [0.1, 0.15) is 36.4 Å². The van der Waals surface area contributed by atoms with Crippen molar-refractivity contribution in [3.63, 3.8) is 0 Å². The molecule has 1 heterocycles. The second-order valence-electron chi connectivity index (χ2n) is 6.09. The third kappa shape index (κ3) is 4.59. The number of aromatic nitrogens is 1. The van der Waals surface area contributed by atoms with Gasteiger partial charge in [0.1, 0.15) is 11.3 Å². The van der Waals surface area contributed by atoms with Crippen molar-refractivity contribution >= 4 is 34.2 Å². The summed E-state index contributed by atoms with van der Waals surface area (Å²) in [4.78, 5) is 12.6. The molecular formula is C17H23BrClN3O2. The van der Waals surface area contributed by atoms with Crippen LogP contribution in [0, 0.1) is 13.8 Å². The van der Waals surface area contributed by atoms with Crippen molar-refractivity contribution < 1.29 is 9.32 Å². The highest BCUT2D eigenvalue weighted by molar-refractivity contribution is 9.10. The van der Waals surface area contributed by atoms with Crippen LogP contribution in [0.4, 0.5) is 0 Å². The summed E-state index contributed by atoms with van der Waals surface area (Å²) in [6.07, 6.45) is 0.656. The first-order chi connectivity index (χ1) is 10.7. The number of nitrogens with zero attached hydrogens (tertiary/aromatic N) is 1. The summed E-state index contributed by atoms with van der Waals surface area (Å²) in [6.45, 7) is 7.43. The molecule has 7 heteroatoms. The van der Waals surface area contributed by atoms with Crippen molar-refractivity contribution in [2.24, 2.45) is 5.73 Å². The number of benzene rings is 1. The van der Waals surface area contributed by atoms with Gasteiger partial charge in [0, 0.05) is 16.1 Å². The van der Waals surface area contributed by atoms with Gasteiger partial charge in [-0.15, -0.1) is 12.4 Å². The fourth-order valence-electron chi connectivity index (χ4n) is 2.45. The Morgan fingerprint density at radius 2 is 1.96 bits per heavy atom. The highest BCUT2D eigenvalue weighted by atomic mass is 79.9. The van der Waals surface area contributed by atoms with E-state index in [4.69, 9.17) is 10.3 Å². The SMILES string of the molecule is Cc1noc(C)c1CC(C)NC(=O)C(C)(N)c1ccc(Br)cc1.Cl. The van der Waals surface area contributed by atoms with Gasteiger partial charge in [-0.3, -0.25) is 4.79 Å². The molecule has 2 atom stereocenters. The molecule has 0 spiro atoms. The highest BCUT2D eigenvalue weighted by Crippen LogP contribution is 2.21. The van der Waals surface area contributed by atoms with Gasteiger partial charge in [0.05, 0.1) is 5.69 Å². The average molecular weight is 417 g/mol. The highest BCUT2D eigenvalue weighted by Gasteiger charge is 2.31. The number of amides is 1. The molecule has 2 rings (SSSR count). The Labute approximate surface area is 156 Å². The van der Waals surface area contributed by atoms with E-state index in [2.05, 4.69) is 26.4 Å². The first kappa shape index (κ1) is 20.7. The molecule has 0 radical (unpaired) electrons. The molecule has 0 aliphatic rings. The maximum Gasteiger partial charge on any atom is 0.244 e. The molecule has 5 nitrogen and oxygen atoms in total. The minimum absolute atomic E-state index is 0. The summed E-state index contributed by atoms with van der Waals surface area (Å²) in [5, 5.41) is 6.92. The monoisotopic (exact) mass is 415 g/mol. The second-order valence-corrected chi connectivity index (χ2v) is 7.01. The van der Waals surface area contributed by atoms with Crippen LogP contribution in [0.15, 0.2) is 33.3 Å². The third-order valence-corrected chi connectivity index (χ3v) is 4.51. The van der Waals surface area contributed by atoms with Crippen molar-refractivity contribution in [1.82, 2.24) is 10.5 Å². The van der Waals surface area contributed by atoms with Crippen molar-refractivity contribution in [3.05, 3.63) is 51.3 Å². The molecule has 0 saturated heterocycles. The van der Waals surface area contributed by atoms with Crippen molar-refractivity contribution in [3.8, 4) is 0 Å². The maximum absolute atomic E-state index is 12.6. The van der Waals surface area contributed by atoms with E-state index in [0.29, 0.717) is 6.42 Å². The quantitative estimate of drug-likeness (QED) is 0.783. The van der Waals surface area contributed by atoms with E-state index < -0.39 is 5.54 Å². The summed E-state index contributed by atoms with van der Waals surface area (Å²) in [7, 11) is 0. The van der Waals surface area contributed by atoms with Crippen LogP contribution < -0.4 is 11.1 Å². The molecule has 0 aliphatic carbocycles. The number of aryl methyl sites for hydroxylation is 2. The summed E-state index contributed by atoms with van der Waals surface area (Å²) in [6, 6.07) is 7.38. The first-order valence-electron chi connectivity index (χ1n) is 7.49. The van der Waals surface area contributed by atoms with Gasteiger partial charge in [0.15, 0.2) is 0 Å². The number of nitrogens with two attached hydrogens (primary N) is 1. The van der Waals surface area contributed by atoms with Gasteiger partial charge in [-0.1, -0.05) is 33.2 Å². The van der Waals surface area contributed by atoms with E-state index in [1.807, 2.05) is 45.0 Å². The number of carbonyl (C=O) groups excluding carboxylic acids is 1. The summed E-state index contributed by atoms with van der Waals surface area (Å²) in [5.41, 5.74) is 7.81. The van der Waals surface area contributed by atoms with E-state index in [-0.39, 0.29) is 24.4 Å². The molecule has 2 aromatic rings.